The van der Waals surface area contributed by atoms with Gasteiger partial charge in [-0.3, -0.25) is 4.90 Å². The average Bonchev–Trinajstić information content (AvgIpc) is 2.70. The lowest BCUT2D eigenvalue weighted by Gasteiger charge is -2.33. The molecule has 1 N–H and O–H groups in total. The van der Waals surface area contributed by atoms with E-state index >= 15 is 0 Å². The molecule has 0 aliphatic carbocycles. The number of piperidine rings is 1. The maximum atomic E-state index is 4.35. The highest BCUT2D eigenvalue weighted by atomic mass is 32.1. The lowest BCUT2D eigenvalue weighted by molar-refractivity contribution is 0.178. The van der Waals surface area contributed by atoms with E-state index in [0.717, 1.165) is 13.1 Å². The zero-order valence-electron chi connectivity index (χ0n) is 10.1. The molecule has 16 heavy (non-hydrogen) atoms. The number of nitrogens with one attached hydrogen (secondary N) is 1. The van der Waals surface area contributed by atoms with E-state index in [1.807, 2.05) is 6.20 Å². The molecule has 1 unspecified atom stereocenters. The summed E-state index contributed by atoms with van der Waals surface area (Å²) in [4.78, 5) is 6.87. The minimum atomic E-state index is 0.588. The maximum Gasteiger partial charge on any atom is 0.107 e. The van der Waals surface area contributed by atoms with Crippen LogP contribution in [0.3, 0.4) is 0 Å². The second-order valence-electron chi connectivity index (χ2n) is 4.82. The van der Waals surface area contributed by atoms with Gasteiger partial charge in [0.2, 0.25) is 0 Å². The summed E-state index contributed by atoms with van der Waals surface area (Å²) >= 11 is 1.76. The molecule has 1 atom stereocenters. The summed E-state index contributed by atoms with van der Waals surface area (Å²) in [5, 5.41) is 6.93. The fraction of sp³-hybridized carbons (Fsp3) is 0.750. The number of likely N-dealkylation sites (tertiary alicyclic amines) is 1. The van der Waals surface area contributed by atoms with Crippen LogP contribution in [-0.4, -0.2) is 35.1 Å². The Bertz CT molecular complexity index is 297. The molecule has 0 spiro atoms. The normalized spacial score (nSPS) is 22.8. The van der Waals surface area contributed by atoms with Crippen LogP contribution in [0, 0.1) is 0 Å². The summed E-state index contributed by atoms with van der Waals surface area (Å²) in [6.45, 7) is 7.85. The summed E-state index contributed by atoms with van der Waals surface area (Å²) < 4.78 is 0. The van der Waals surface area contributed by atoms with E-state index in [9.17, 15) is 0 Å². The molecule has 1 aliphatic heterocycles. The Hall–Kier alpha value is -0.450. The number of thiazole rings is 1. The molecule has 90 valence electrons. The summed E-state index contributed by atoms with van der Waals surface area (Å²) in [7, 11) is 0. The highest BCUT2D eigenvalue weighted by molar-refractivity contribution is 7.09. The van der Waals surface area contributed by atoms with Crippen LogP contribution in [0.15, 0.2) is 11.6 Å². The summed E-state index contributed by atoms with van der Waals surface area (Å²) in [6, 6.07) is 1.25. The predicted octanol–water partition coefficient (Wildman–Crippen LogP) is 2.11. The molecule has 1 fully saturated rings. The molecule has 1 saturated heterocycles. The second kappa shape index (κ2) is 5.75. The van der Waals surface area contributed by atoms with Gasteiger partial charge in [-0.1, -0.05) is 13.8 Å². The third-order valence-electron chi connectivity index (χ3n) is 2.92. The minimum Gasteiger partial charge on any atom is -0.311 e. The van der Waals surface area contributed by atoms with Crippen molar-refractivity contribution in [1.29, 1.82) is 0 Å². The Morgan fingerprint density at radius 2 is 2.50 bits per heavy atom. The van der Waals surface area contributed by atoms with Crippen LogP contribution in [0.2, 0.25) is 0 Å². The van der Waals surface area contributed by atoms with Gasteiger partial charge in [0.05, 0.1) is 6.54 Å². The van der Waals surface area contributed by atoms with Crippen LogP contribution < -0.4 is 5.32 Å². The van der Waals surface area contributed by atoms with Crippen molar-refractivity contribution in [2.75, 3.05) is 13.1 Å². The van der Waals surface area contributed by atoms with Crippen molar-refractivity contribution in [2.45, 2.75) is 45.3 Å². The highest BCUT2D eigenvalue weighted by Gasteiger charge is 2.20. The largest absolute Gasteiger partial charge is 0.311 e. The zero-order valence-corrected chi connectivity index (χ0v) is 11.0. The molecule has 2 heterocycles. The molecule has 0 amide bonds. The molecule has 1 aliphatic rings. The Morgan fingerprint density at radius 1 is 1.62 bits per heavy atom. The quantitative estimate of drug-likeness (QED) is 0.872. The van der Waals surface area contributed by atoms with Crippen molar-refractivity contribution in [3.63, 3.8) is 0 Å². The molecule has 1 aromatic heterocycles. The van der Waals surface area contributed by atoms with Gasteiger partial charge in [0, 0.05) is 30.2 Å². The van der Waals surface area contributed by atoms with E-state index in [-0.39, 0.29) is 0 Å². The first-order chi connectivity index (χ1) is 7.74. The Kier molecular flexibility index (Phi) is 4.32. The molecule has 2 rings (SSSR count). The number of rotatable bonds is 4. The first-order valence-corrected chi connectivity index (χ1v) is 6.99. The molecule has 3 nitrogen and oxygen atoms in total. The van der Waals surface area contributed by atoms with Crippen LogP contribution in [0.5, 0.6) is 0 Å². The van der Waals surface area contributed by atoms with E-state index in [4.69, 9.17) is 0 Å². The monoisotopic (exact) mass is 239 g/mol. The number of hydrogen-bond acceptors (Lipinski definition) is 4. The van der Waals surface area contributed by atoms with Crippen LogP contribution in [-0.2, 0) is 6.54 Å². The molecular weight excluding hydrogens is 218 g/mol. The van der Waals surface area contributed by atoms with Gasteiger partial charge in [0.15, 0.2) is 0 Å². The highest BCUT2D eigenvalue weighted by Crippen LogP contribution is 2.15. The summed E-state index contributed by atoms with van der Waals surface area (Å²) in [6.07, 6.45) is 4.51. The Balaban J connectivity index is 1.82. The first-order valence-electron chi connectivity index (χ1n) is 6.11. The lowest BCUT2D eigenvalue weighted by atomic mass is 10.1. The molecule has 4 heteroatoms. The van der Waals surface area contributed by atoms with E-state index in [0.29, 0.717) is 12.1 Å². The van der Waals surface area contributed by atoms with Gasteiger partial charge in [-0.2, -0.15) is 0 Å². The van der Waals surface area contributed by atoms with Gasteiger partial charge in [-0.15, -0.1) is 11.3 Å². The van der Waals surface area contributed by atoms with Gasteiger partial charge in [-0.25, -0.2) is 4.98 Å². The molecule has 1 aromatic rings. The lowest BCUT2D eigenvalue weighted by Crippen LogP contribution is -2.47. The predicted molar refractivity (Wildman–Crippen MR) is 68.7 cm³/mol. The van der Waals surface area contributed by atoms with Crippen LogP contribution >= 0.6 is 11.3 Å². The summed E-state index contributed by atoms with van der Waals surface area (Å²) in [5.74, 6) is 0. The van der Waals surface area contributed by atoms with Crippen molar-refractivity contribution in [3.8, 4) is 0 Å². The number of hydrogen-bond donors (Lipinski definition) is 1. The third kappa shape index (κ3) is 3.54. The standard InChI is InChI=1S/C12H21N3S/c1-10(2)14-11-4-3-6-15(8-11)9-12-13-5-7-16-12/h5,7,10-11,14H,3-4,6,8-9H2,1-2H3. The van der Waals surface area contributed by atoms with E-state index in [2.05, 4.69) is 34.4 Å². The van der Waals surface area contributed by atoms with E-state index in [1.165, 1.54) is 24.4 Å². The van der Waals surface area contributed by atoms with Crippen molar-refractivity contribution >= 4 is 11.3 Å². The molecular formula is C12H21N3S. The topological polar surface area (TPSA) is 28.2 Å². The SMILES string of the molecule is CC(C)NC1CCCN(Cc2nccs2)C1. The second-order valence-corrected chi connectivity index (χ2v) is 5.80. The first kappa shape index (κ1) is 12.0. The molecule has 0 saturated carbocycles. The average molecular weight is 239 g/mol. The van der Waals surface area contributed by atoms with Crippen molar-refractivity contribution in [2.24, 2.45) is 0 Å². The molecule has 0 aromatic carbocycles. The van der Waals surface area contributed by atoms with E-state index in [1.54, 1.807) is 11.3 Å². The van der Waals surface area contributed by atoms with Gasteiger partial charge < -0.3 is 5.32 Å². The molecule has 0 radical (unpaired) electrons. The van der Waals surface area contributed by atoms with Crippen LogP contribution in [0.25, 0.3) is 0 Å². The van der Waals surface area contributed by atoms with Crippen LogP contribution in [0.4, 0.5) is 0 Å². The van der Waals surface area contributed by atoms with Crippen molar-refractivity contribution in [1.82, 2.24) is 15.2 Å². The third-order valence-corrected chi connectivity index (χ3v) is 3.68. The Labute approximate surface area is 102 Å². The fourth-order valence-electron chi connectivity index (χ4n) is 2.33. The molecule has 0 bridgehead atoms. The maximum absolute atomic E-state index is 4.35. The fourth-order valence-corrected chi connectivity index (χ4v) is 2.99. The van der Waals surface area contributed by atoms with Crippen molar-refractivity contribution in [3.05, 3.63) is 16.6 Å². The number of nitrogens with zero attached hydrogens (tertiary/aromatic N) is 2. The minimum absolute atomic E-state index is 0.588. The van der Waals surface area contributed by atoms with Crippen LogP contribution in [0.1, 0.15) is 31.7 Å². The summed E-state index contributed by atoms with van der Waals surface area (Å²) in [5.41, 5.74) is 0. The Morgan fingerprint density at radius 3 is 3.19 bits per heavy atom. The van der Waals surface area contributed by atoms with E-state index < -0.39 is 0 Å². The smallest absolute Gasteiger partial charge is 0.107 e. The number of aromatic nitrogens is 1. The van der Waals surface area contributed by atoms with Gasteiger partial charge in [0.25, 0.3) is 0 Å². The van der Waals surface area contributed by atoms with Gasteiger partial charge in [-0.05, 0) is 19.4 Å². The van der Waals surface area contributed by atoms with Gasteiger partial charge >= 0.3 is 0 Å². The van der Waals surface area contributed by atoms with Crippen molar-refractivity contribution < 1.29 is 0 Å². The zero-order chi connectivity index (χ0) is 11.4. The van der Waals surface area contributed by atoms with Gasteiger partial charge in [0.1, 0.15) is 5.01 Å².